The Bertz CT molecular complexity index is 1390. The van der Waals surface area contributed by atoms with Gasteiger partial charge in [0.15, 0.2) is 29.1 Å². The van der Waals surface area contributed by atoms with Crippen LogP contribution in [0.2, 0.25) is 0 Å². The third-order valence-corrected chi connectivity index (χ3v) is 5.44. The van der Waals surface area contributed by atoms with Gasteiger partial charge in [-0.2, -0.15) is 8.78 Å². The Kier molecular flexibility index (Phi) is 6.44. The molecule has 0 amide bonds. The van der Waals surface area contributed by atoms with Crippen molar-refractivity contribution in [1.29, 1.82) is 0 Å². The van der Waals surface area contributed by atoms with Crippen LogP contribution in [-0.4, -0.2) is 0 Å². The molecule has 0 radical (unpaired) electrons. The Morgan fingerprint density at radius 2 is 1.34 bits per heavy atom. The van der Waals surface area contributed by atoms with Crippen molar-refractivity contribution in [2.45, 2.75) is 25.9 Å². The van der Waals surface area contributed by atoms with Crippen molar-refractivity contribution in [3.63, 3.8) is 0 Å². The summed E-state index contributed by atoms with van der Waals surface area (Å²) in [6.07, 6.45) is -2.89. The lowest BCUT2D eigenvalue weighted by atomic mass is 9.96. The molecule has 0 saturated carbocycles. The molecule has 9 heteroatoms. The van der Waals surface area contributed by atoms with Gasteiger partial charge in [-0.1, -0.05) is 43.7 Å². The molecule has 0 aliphatic heterocycles. The summed E-state index contributed by atoms with van der Waals surface area (Å²) in [5, 5.41) is -1.25. The van der Waals surface area contributed by atoms with Crippen LogP contribution in [0.1, 0.15) is 24.5 Å². The van der Waals surface area contributed by atoms with Crippen molar-refractivity contribution in [2.75, 3.05) is 0 Å². The first-order chi connectivity index (χ1) is 16.5. The van der Waals surface area contributed by atoms with E-state index in [2.05, 4.69) is 4.74 Å². The van der Waals surface area contributed by atoms with Crippen molar-refractivity contribution in [1.82, 2.24) is 0 Å². The van der Waals surface area contributed by atoms with E-state index >= 15 is 4.39 Å². The molecule has 0 aliphatic rings. The highest BCUT2D eigenvalue weighted by Crippen LogP contribution is 2.39. The summed E-state index contributed by atoms with van der Waals surface area (Å²) in [4.78, 5) is 0. The highest BCUT2D eigenvalue weighted by Gasteiger charge is 2.39. The van der Waals surface area contributed by atoms with Crippen LogP contribution in [0.4, 0.5) is 35.1 Å². The quantitative estimate of drug-likeness (QED) is 0.192. The molecule has 0 heterocycles. The lowest BCUT2D eigenvalue weighted by Crippen LogP contribution is -2.24. The average molecular weight is 496 g/mol. The minimum atomic E-state index is -4.56. The molecule has 1 nitrogen and oxygen atoms in total. The van der Waals surface area contributed by atoms with E-state index < -0.39 is 57.7 Å². The van der Waals surface area contributed by atoms with Crippen molar-refractivity contribution < 1.29 is 39.9 Å². The van der Waals surface area contributed by atoms with E-state index in [9.17, 15) is 30.7 Å². The Labute approximate surface area is 194 Å². The minimum absolute atomic E-state index is 0.142. The fourth-order valence-electron chi connectivity index (χ4n) is 3.75. The van der Waals surface area contributed by atoms with Gasteiger partial charge in [-0.25, -0.2) is 26.3 Å². The molecule has 0 saturated heterocycles. The number of rotatable bonds is 6. The summed E-state index contributed by atoms with van der Waals surface area (Å²) < 4.78 is 118. The standard InChI is InChI=1S/C26H16F8O/c1-2-3-13-4-6-14(7-5-13)17-10-15-8-9-18(23(30)21(15)25(32)22(17)29)26(33,34)35-16-11-19(27)24(31)20(28)12-16/h4-12H,2-3H2,1H3. The number of benzene rings is 4. The van der Waals surface area contributed by atoms with Crippen LogP contribution in [0.25, 0.3) is 21.9 Å². The molecule has 4 rings (SSSR count). The summed E-state index contributed by atoms with van der Waals surface area (Å²) >= 11 is 0. The first kappa shape index (κ1) is 24.5. The number of aryl methyl sites for hydroxylation is 1. The fraction of sp³-hybridized carbons (Fsp3) is 0.154. The number of alkyl halides is 2. The second kappa shape index (κ2) is 9.20. The van der Waals surface area contributed by atoms with Crippen molar-refractivity contribution in [3.8, 4) is 16.9 Å². The van der Waals surface area contributed by atoms with Gasteiger partial charge in [0.1, 0.15) is 17.1 Å². The van der Waals surface area contributed by atoms with Crippen LogP contribution >= 0.6 is 0 Å². The monoisotopic (exact) mass is 496 g/mol. The van der Waals surface area contributed by atoms with Crippen LogP contribution < -0.4 is 4.74 Å². The molecular formula is C26H16F8O. The molecular weight excluding hydrogens is 480 g/mol. The smallest absolute Gasteiger partial charge is 0.429 e. The SMILES string of the molecule is CCCc1ccc(-c2cc3ccc(C(F)(F)Oc4cc(F)c(F)c(F)c4)c(F)c3c(F)c2F)cc1. The van der Waals surface area contributed by atoms with Gasteiger partial charge >= 0.3 is 6.11 Å². The summed E-state index contributed by atoms with van der Waals surface area (Å²) in [6.45, 7) is 1.99. The molecule has 0 fully saturated rings. The van der Waals surface area contributed by atoms with E-state index in [4.69, 9.17) is 0 Å². The molecule has 0 N–H and O–H groups in total. The van der Waals surface area contributed by atoms with E-state index in [1.807, 2.05) is 6.92 Å². The van der Waals surface area contributed by atoms with Crippen molar-refractivity contribution in [3.05, 3.63) is 101 Å². The summed E-state index contributed by atoms with van der Waals surface area (Å²) in [5.74, 6) is -11.6. The zero-order valence-corrected chi connectivity index (χ0v) is 18.0. The number of hydrogen-bond donors (Lipinski definition) is 0. The van der Waals surface area contributed by atoms with E-state index in [1.165, 1.54) is 0 Å². The molecule has 0 unspecified atom stereocenters. The van der Waals surface area contributed by atoms with Crippen LogP contribution in [-0.2, 0) is 12.5 Å². The Balaban J connectivity index is 1.77. The topological polar surface area (TPSA) is 9.23 Å². The average Bonchev–Trinajstić information content (AvgIpc) is 2.80. The summed E-state index contributed by atoms with van der Waals surface area (Å²) in [7, 11) is 0. The van der Waals surface area contributed by atoms with Gasteiger partial charge in [0.25, 0.3) is 0 Å². The summed E-state index contributed by atoms with van der Waals surface area (Å²) in [5.41, 5.74) is -0.408. The van der Waals surface area contributed by atoms with E-state index in [-0.39, 0.29) is 23.1 Å². The zero-order valence-electron chi connectivity index (χ0n) is 18.0. The van der Waals surface area contributed by atoms with Crippen LogP contribution in [0, 0.1) is 34.9 Å². The first-order valence-corrected chi connectivity index (χ1v) is 10.4. The fourth-order valence-corrected chi connectivity index (χ4v) is 3.75. The predicted octanol–water partition coefficient (Wildman–Crippen LogP) is 8.42. The summed E-state index contributed by atoms with van der Waals surface area (Å²) in [6, 6.07) is 9.55. The maximum atomic E-state index is 15.0. The third kappa shape index (κ3) is 4.54. The van der Waals surface area contributed by atoms with E-state index in [1.54, 1.807) is 24.3 Å². The lowest BCUT2D eigenvalue weighted by Gasteiger charge is -2.20. The van der Waals surface area contributed by atoms with Crippen LogP contribution in [0.3, 0.4) is 0 Å². The highest BCUT2D eigenvalue weighted by atomic mass is 19.3. The normalized spacial score (nSPS) is 11.8. The van der Waals surface area contributed by atoms with Gasteiger partial charge in [0.05, 0.1) is 5.39 Å². The first-order valence-electron chi connectivity index (χ1n) is 10.4. The van der Waals surface area contributed by atoms with E-state index in [0.29, 0.717) is 11.6 Å². The second-order valence-electron chi connectivity index (χ2n) is 7.84. The molecule has 182 valence electrons. The number of ether oxygens (including phenoxy) is 1. The molecule has 0 spiro atoms. The maximum Gasteiger partial charge on any atom is 0.429 e. The number of halogens is 8. The number of fused-ring (bicyclic) bond motifs is 1. The third-order valence-electron chi connectivity index (χ3n) is 5.44. The Morgan fingerprint density at radius 3 is 1.94 bits per heavy atom. The predicted molar refractivity (Wildman–Crippen MR) is 114 cm³/mol. The molecule has 0 aromatic heterocycles. The van der Waals surface area contributed by atoms with Crippen LogP contribution in [0.5, 0.6) is 5.75 Å². The minimum Gasteiger partial charge on any atom is -0.429 e. The molecule has 35 heavy (non-hydrogen) atoms. The van der Waals surface area contributed by atoms with Gasteiger partial charge < -0.3 is 4.74 Å². The second-order valence-corrected chi connectivity index (χ2v) is 7.84. The van der Waals surface area contributed by atoms with Gasteiger partial charge in [-0.3, -0.25) is 0 Å². The number of hydrogen-bond acceptors (Lipinski definition) is 1. The lowest BCUT2D eigenvalue weighted by molar-refractivity contribution is -0.187. The highest BCUT2D eigenvalue weighted by molar-refractivity contribution is 5.89. The van der Waals surface area contributed by atoms with Crippen molar-refractivity contribution in [2.24, 2.45) is 0 Å². The van der Waals surface area contributed by atoms with E-state index in [0.717, 1.165) is 30.5 Å². The molecule has 0 atom stereocenters. The molecule has 4 aromatic rings. The van der Waals surface area contributed by atoms with Gasteiger partial charge in [-0.15, -0.1) is 0 Å². The molecule has 0 aliphatic carbocycles. The van der Waals surface area contributed by atoms with Gasteiger partial charge in [-0.05, 0) is 35.1 Å². The largest absolute Gasteiger partial charge is 0.429 e. The van der Waals surface area contributed by atoms with Crippen molar-refractivity contribution >= 4 is 10.8 Å². The van der Waals surface area contributed by atoms with Crippen LogP contribution in [0.15, 0.2) is 54.6 Å². The van der Waals surface area contributed by atoms with Gasteiger partial charge in [0.2, 0.25) is 0 Å². The molecule has 4 aromatic carbocycles. The zero-order chi connectivity index (χ0) is 25.5. The maximum absolute atomic E-state index is 15.0. The Hall–Kier alpha value is -3.62. The Morgan fingerprint density at radius 1 is 0.714 bits per heavy atom. The van der Waals surface area contributed by atoms with Gasteiger partial charge in [0, 0.05) is 17.7 Å². The molecule has 0 bridgehead atoms.